The normalized spacial score (nSPS) is 17.3. The number of H-pyrrole nitrogens is 1. The molecular formula is C31H31ClN4O2. The molecule has 6 rings (SSSR count). The van der Waals surface area contributed by atoms with Crippen LogP contribution in [0.25, 0.3) is 10.9 Å². The first-order valence-corrected chi connectivity index (χ1v) is 13.6. The average Bonchev–Trinajstić information content (AvgIpc) is 3.31. The molecule has 1 saturated carbocycles. The van der Waals surface area contributed by atoms with Crippen molar-refractivity contribution < 1.29 is 9.59 Å². The van der Waals surface area contributed by atoms with E-state index in [0.717, 1.165) is 17.4 Å². The molecule has 3 aromatic carbocycles. The minimum absolute atomic E-state index is 0.261. The van der Waals surface area contributed by atoms with Gasteiger partial charge in [-0.25, -0.2) is 0 Å². The first-order chi connectivity index (χ1) is 18.5. The van der Waals surface area contributed by atoms with Gasteiger partial charge in [0.2, 0.25) is 0 Å². The van der Waals surface area contributed by atoms with E-state index < -0.39 is 6.04 Å². The van der Waals surface area contributed by atoms with Gasteiger partial charge in [-0.05, 0) is 86.3 Å². The molecule has 2 aliphatic rings. The second-order valence-electron chi connectivity index (χ2n) is 10.6. The Kier molecular flexibility index (Phi) is 6.68. The van der Waals surface area contributed by atoms with Gasteiger partial charge in [0.1, 0.15) is 11.7 Å². The highest BCUT2D eigenvalue weighted by Crippen LogP contribution is 2.49. The molecule has 1 aromatic heterocycles. The third-order valence-electron chi connectivity index (χ3n) is 7.84. The van der Waals surface area contributed by atoms with Gasteiger partial charge in [-0.1, -0.05) is 54.1 Å². The smallest absolute Gasteiger partial charge is 0.268 e. The molecule has 1 atom stereocenters. The van der Waals surface area contributed by atoms with Crippen LogP contribution in [-0.2, 0) is 10.2 Å². The highest BCUT2D eigenvalue weighted by Gasteiger charge is 2.45. The predicted octanol–water partition coefficient (Wildman–Crippen LogP) is 6.06. The summed E-state index contributed by atoms with van der Waals surface area (Å²) in [5.74, 6) is -0.663. The lowest BCUT2D eigenvalue weighted by molar-refractivity contribution is -0.118. The van der Waals surface area contributed by atoms with Crippen molar-refractivity contribution in [2.45, 2.75) is 37.1 Å². The van der Waals surface area contributed by atoms with Crippen molar-refractivity contribution in [1.29, 1.82) is 0 Å². The molecule has 4 aromatic rings. The summed E-state index contributed by atoms with van der Waals surface area (Å²) >= 11 is 6.10. The van der Waals surface area contributed by atoms with Gasteiger partial charge in [-0.3, -0.25) is 9.59 Å². The van der Waals surface area contributed by atoms with Crippen LogP contribution in [0, 0.1) is 0 Å². The Morgan fingerprint density at radius 1 is 0.947 bits per heavy atom. The summed E-state index contributed by atoms with van der Waals surface area (Å²) in [5.41, 5.74) is 4.20. The lowest BCUT2D eigenvalue weighted by Crippen LogP contribution is -2.37. The van der Waals surface area contributed by atoms with Gasteiger partial charge < -0.3 is 20.5 Å². The number of halogens is 1. The van der Waals surface area contributed by atoms with Crippen molar-refractivity contribution in [3.63, 3.8) is 0 Å². The van der Waals surface area contributed by atoms with Crippen LogP contribution >= 0.6 is 11.6 Å². The lowest BCUT2D eigenvalue weighted by Gasteiger charge is -2.24. The number of carbonyl (C=O) groups is 2. The SMILES string of the molecule is O=C(NC(C(=O)Nc1ccc(C2(CN3CCCC3)CC2)cc1)c1ccccc1)c1cc2cc(Cl)ccc2[nH]1. The summed E-state index contributed by atoms with van der Waals surface area (Å²) in [4.78, 5) is 32.3. The van der Waals surface area contributed by atoms with Gasteiger partial charge in [-0.2, -0.15) is 0 Å². The predicted molar refractivity (Wildman–Crippen MR) is 152 cm³/mol. The maximum atomic E-state index is 13.5. The molecule has 1 aliphatic carbocycles. The van der Waals surface area contributed by atoms with Crippen molar-refractivity contribution in [2.75, 3.05) is 25.0 Å². The van der Waals surface area contributed by atoms with Crippen LogP contribution < -0.4 is 10.6 Å². The number of nitrogens with zero attached hydrogens (tertiary/aromatic N) is 1. The minimum Gasteiger partial charge on any atom is -0.351 e. The number of amides is 2. The van der Waals surface area contributed by atoms with E-state index in [1.165, 1.54) is 44.3 Å². The van der Waals surface area contributed by atoms with Crippen LogP contribution in [0.15, 0.2) is 78.9 Å². The molecule has 1 unspecified atom stereocenters. The molecule has 194 valence electrons. The maximum Gasteiger partial charge on any atom is 0.268 e. The number of benzene rings is 3. The molecule has 7 heteroatoms. The van der Waals surface area contributed by atoms with Crippen molar-refractivity contribution >= 4 is 40.0 Å². The van der Waals surface area contributed by atoms with E-state index in [2.05, 4.69) is 32.7 Å². The number of likely N-dealkylation sites (tertiary alicyclic amines) is 1. The molecule has 0 radical (unpaired) electrons. The van der Waals surface area contributed by atoms with Crippen LogP contribution in [0.5, 0.6) is 0 Å². The Morgan fingerprint density at radius 2 is 1.68 bits per heavy atom. The number of nitrogens with one attached hydrogen (secondary N) is 3. The Bertz CT molecular complexity index is 1450. The van der Waals surface area contributed by atoms with Gasteiger partial charge in [0.15, 0.2) is 0 Å². The van der Waals surface area contributed by atoms with Gasteiger partial charge in [-0.15, -0.1) is 0 Å². The van der Waals surface area contributed by atoms with E-state index in [4.69, 9.17) is 11.6 Å². The largest absolute Gasteiger partial charge is 0.351 e. The maximum absolute atomic E-state index is 13.5. The van der Waals surface area contributed by atoms with Gasteiger partial charge >= 0.3 is 0 Å². The molecule has 0 spiro atoms. The Labute approximate surface area is 227 Å². The summed E-state index contributed by atoms with van der Waals surface area (Å²) in [6, 6.07) is 23.8. The van der Waals surface area contributed by atoms with Crippen molar-refractivity contribution in [2.24, 2.45) is 0 Å². The quantitative estimate of drug-likeness (QED) is 0.261. The highest BCUT2D eigenvalue weighted by atomic mass is 35.5. The number of carbonyl (C=O) groups excluding carboxylic acids is 2. The number of rotatable bonds is 8. The summed E-state index contributed by atoms with van der Waals surface area (Å²) < 4.78 is 0. The number of anilines is 1. The van der Waals surface area contributed by atoms with Crippen LogP contribution in [0.2, 0.25) is 5.02 Å². The summed E-state index contributed by atoms with van der Waals surface area (Å²) in [7, 11) is 0. The minimum atomic E-state index is -0.858. The van der Waals surface area contributed by atoms with Gasteiger partial charge in [0, 0.05) is 33.6 Å². The molecule has 1 aliphatic heterocycles. The molecule has 2 amide bonds. The Morgan fingerprint density at radius 3 is 2.39 bits per heavy atom. The molecule has 38 heavy (non-hydrogen) atoms. The van der Waals surface area contributed by atoms with Crippen molar-refractivity contribution in [3.05, 3.63) is 101 Å². The third kappa shape index (κ3) is 5.19. The zero-order valence-electron chi connectivity index (χ0n) is 21.2. The lowest BCUT2D eigenvalue weighted by atomic mass is 9.95. The van der Waals surface area contributed by atoms with E-state index in [9.17, 15) is 9.59 Å². The molecule has 3 N–H and O–H groups in total. The van der Waals surface area contributed by atoms with Crippen LogP contribution in [-0.4, -0.2) is 41.3 Å². The van der Waals surface area contributed by atoms with E-state index in [0.29, 0.717) is 22.0 Å². The van der Waals surface area contributed by atoms with Crippen LogP contribution in [0.4, 0.5) is 5.69 Å². The first kappa shape index (κ1) is 24.7. The van der Waals surface area contributed by atoms with E-state index in [1.54, 1.807) is 18.2 Å². The number of fused-ring (bicyclic) bond motifs is 1. The fraction of sp³-hybridized carbons (Fsp3) is 0.290. The Balaban J connectivity index is 1.18. The van der Waals surface area contributed by atoms with E-state index in [-0.39, 0.29) is 17.2 Å². The topological polar surface area (TPSA) is 77.2 Å². The molecule has 6 nitrogen and oxygen atoms in total. The zero-order chi connectivity index (χ0) is 26.1. The molecule has 2 fully saturated rings. The van der Waals surface area contributed by atoms with Crippen LogP contribution in [0.1, 0.15) is 53.3 Å². The monoisotopic (exact) mass is 526 g/mol. The number of hydrogen-bond donors (Lipinski definition) is 3. The van der Waals surface area contributed by atoms with Crippen molar-refractivity contribution in [1.82, 2.24) is 15.2 Å². The standard InChI is InChI=1S/C31H31ClN4O2/c32-24-10-13-26-22(18-24)19-27(34-26)29(37)35-28(21-6-2-1-3-7-21)30(38)33-25-11-8-23(9-12-25)31(14-15-31)20-36-16-4-5-17-36/h1-3,6-13,18-19,28,34H,4-5,14-17,20H2,(H,33,38)(H,35,37). The number of aromatic amines is 1. The summed E-state index contributed by atoms with van der Waals surface area (Å²) in [5, 5.41) is 7.35. The van der Waals surface area contributed by atoms with E-state index in [1.807, 2.05) is 48.5 Å². The van der Waals surface area contributed by atoms with Crippen LogP contribution in [0.3, 0.4) is 0 Å². The number of aromatic nitrogens is 1. The van der Waals surface area contributed by atoms with E-state index >= 15 is 0 Å². The summed E-state index contributed by atoms with van der Waals surface area (Å²) in [6.45, 7) is 3.53. The first-order valence-electron chi connectivity index (χ1n) is 13.3. The second kappa shape index (κ2) is 10.3. The van der Waals surface area contributed by atoms with Gasteiger partial charge in [0.25, 0.3) is 11.8 Å². The Hall–Kier alpha value is -3.61. The number of hydrogen-bond acceptors (Lipinski definition) is 3. The highest BCUT2D eigenvalue weighted by molar-refractivity contribution is 6.31. The third-order valence-corrected chi connectivity index (χ3v) is 8.08. The fourth-order valence-electron chi connectivity index (χ4n) is 5.56. The second-order valence-corrected chi connectivity index (χ2v) is 11.0. The average molecular weight is 527 g/mol. The molecule has 1 saturated heterocycles. The zero-order valence-corrected chi connectivity index (χ0v) is 21.9. The summed E-state index contributed by atoms with van der Waals surface area (Å²) in [6.07, 6.45) is 5.04. The van der Waals surface area contributed by atoms with Crippen molar-refractivity contribution in [3.8, 4) is 0 Å². The molecule has 2 heterocycles. The molecule has 0 bridgehead atoms. The molecular weight excluding hydrogens is 496 g/mol. The van der Waals surface area contributed by atoms with Gasteiger partial charge in [0.05, 0.1) is 0 Å². The fourth-order valence-corrected chi connectivity index (χ4v) is 5.74.